The molecule has 2 saturated heterocycles. The van der Waals surface area contributed by atoms with E-state index in [-0.39, 0.29) is 12.4 Å². The maximum absolute atomic E-state index is 6.23. The molecule has 4 rings (SSSR count). The minimum atomic E-state index is 0. The van der Waals surface area contributed by atoms with Gasteiger partial charge < -0.3 is 10.6 Å². The predicted molar refractivity (Wildman–Crippen MR) is 107 cm³/mol. The average molecular weight is 361 g/mol. The monoisotopic (exact) mass is 360 g/mol. The number of aromatic nitrogens is 1. The third kappa shape index (κ3) is 3.91. The van der Waals surface area contributed by atoms with Crippen molar-refractivity contribution in [3.05, 3.63) is 35.9 Å². The van der Waals surface area contributed by atoms with Gasteiger partial charge in [0.1, 0.15) is 5.82 Å². The molecule has 2 unspecified atom stereocenters. The Morgan fingerprint density at radius 3 is 2.60 bits per heavy atom. The summed E-state index contributed by atoms with van der Waals surface area (Å²) in [5, 5.41) is 1.24. The zero-order valence-corrected chi connectivity index (χ0v) is 15.8. The molecule has 0 amide bonds. The normalized spacial score (nSPS) is 24.5. The number of rotatable bonds is 3. The van der Waals surface area contributed by atoms with Crippen LogP contribution in [0.2, 0.25) is 0 Å². The van der Waals surface area contributed by atoms with Gasteiger partial charge >= 0.3 is 0 Å². The van der Waals surface area contributed by atoms with Crippen LogP contribution in [0.4, 0.5) is 5.82 Å². The highest BCUT2D eigenvalue weighted by Gasteiger charge is 2.28. The van der Waals surface area contributed by atoms with Crippen LogP contribution in [0, 0.1) is 5.92 Å². The summed E-state index contributed by atoms with van der Waals surface area (Å²) < 4.78 is 0. The van der Waals surface area contributed by atoms with Gasteiger partial charge in [-0.05, 0) is 37.3 Å². The Kier molecular flexibility index (Phi) is 5.82. The molecule has 3 heterocycles. The molecule has 2 aromatic rings. The van der Waals surface area contributed by atoms with Crippen molar-refractivity contribution in [2.24, 2.45) is 11.7 Å². The van der Waals surface area contributed by atoms with E-state index in [1.54, 1.807) is 0 Å². The Labute approximate surface area is 156 Å². The summed E-state index contributed by atoms with van der Waals surface area (Å²) in [6, 6.07) is 11.1. The number of piperidine rings is 1. The molecule has 0 aliphatic carbocycles. The molecule has 1 aromatic heterocycles. The fraction of sp³-hybridized carbons (Fsp3) is 0.550. The molecule has 0 radical (unpaired) electrons. The van der Waals surface area contributed by atoms with Gasteiger partial charge in [-0.25, -0.2) is 4.98 Å². The average Bonchev–Trinajstić information content (AvgIpc) is 2.92. The van der Waals surface area contributed by atoms with Gasteiger partial charge in [0.15, 0.2) is 0 Å². The number of benzene rings is 1. The molecule has 4 nitrogen and oxygen atoms in total. The molecule has 2 N–H and O–H groups in total. The molecular weight excluding hydrogens is 332 g/mol. The van der Waals surface area contributed by atoms with Crippen LogP contribution in [0.5, 0.6) is 0 Å². The van der Waals surface area contributed by atoms with E-state index in [0.717, 1.165) is 38.2 Å². The van der Waals surface area contributed by atoms with Gasteiger partial charge in [0.05, 0.1) is 5.52 Å². The molecule has 2 aliphatic heterocycles. The Morgan fingerprint density at radius 1 is 1.12 bits per heavy atom. The largest absolute Gasteiger partial charge is 0.356 e. The van der Waals surface area contributed by atoms with Crippen LogP contribution in [0.3, 0.4) is 0 Å². The van der Waals surface area contributed by atoms with E-state index >= 15 is 0 Å². The number of para-hydroxylation sites is 1. The van der Waals surface area contributed by atoms with Crippen molar-refractivity contribution in [1.82, 2.24) is 9.88 Å². The van der Waals surface area contributed by atoms with E-state index in [0.29, 0.717) is 12.0 Å². The second-order valence-corrected chi connectivity index (χ2v) is 7.55. The summed E-state index contributed by atoms with van der Waals surface area (Å²) in [6.45, 7) is 7.57. The number of pyridine rings is 1. The molecular formula is C20H29ClN4. The van der Waals surface area contributed by atoms with Crippen molar-refractivity contribution in [2.75, 3.05) is 31.1 Å². The topological polar surface area (TPSA) is 45.4 Å². The third-order valence-electron chi connectivity index (χ3n) is 5.58. The van der Waals surface area contributed by atoms with Crippen molar-refractivity contribution in [2.45, 2.75) is 38.8 Å². The van der Waals surface area contributed by atoms with Gasteiger partial charge in [-0.15, -0.1) is 12.4 Å². The molecule has 2 aliphatic rings. The SMILES string of the molecule is CC1CN(Cc2cc3ccccc3nc2N2CCCCC2)CC1N.Cl. The maximum Gasteiger partial charge on any atom is 0.133 e. The Morgan fingerprint density at radius 2 is 1.88 bits per heavy atom. The van der Waals surface area contributed by atoms with Crippen LogP contribution in [0.25, 0.3) is 10.9 Å². The summed E-state index contributed by atoms with van der Waals surface area (Å²) in [5.41, 5.74) is 8.69. The van der Waals surface area contributed by atoms with Crippen LogP contribution in [0.15, 0.2) is 30.3 Å². The molecule has 136 valence electrons. The summed E-state index contributed by atoms with van der Waals surface area (Å²) in [4.78, 5) is 10.0. The highest BCUT2D eigenvalue weighted by molar-refractivity contribution is 5.85. The molecule has 5 heteroatoms. The Hall–Kier alpha value is -1.36. The lowest BCUT2D eigenvalue weighted by Crippen LogP contribution is -2.32. The first-order chi connectivity index (χ1) is 11.7. The van der Waals surface area contributed by atoms with Gasteiger partial charge in [-0.3, -0.25) is 4.90 Å². The van der Waals surface area contributed by atoms with Crippen molar-refractivity contribution in [1.29, 1.82) is 0 Å². The zero-order chi connectivity index (χ0) is 16.5. The third-order valence-corrected chi connectivity index (χ3v) is 5.58. The number of halogens is 1. The number of nitrogens with two attached hydrogens (primary N) is 1. The van der Waals surface area contributed by atoms with Crippen molar-refractivity contribution < 1.29 is 0 Å². The lowest BCUT2D eigenvalue weighted by atomic mass is 10.1. The van der Waals surface area contributed by atoms with Gasteiger partial charge in [0.25, 0.3) is 0 Å². The smallest absolute Gasteiger partial charge is 0.133 e. The number of nitrogens with zero attached hydrogens (tertiary/aromatic N) is 3. The first kappa shape index (κ1) is 18.4. The zero-order valence-electron chi connectivity index (χ0n) is 15.0. The number of fused-ring (bicyclic) bond motifs is 1. The number of anilines is 1. The van der Waals surface area contributed by atoms with Crippen molar-refractivity contribution >= 4 is 29.1 Å². The van der Waals surface area contributed by atoms with Crippen molar-refractivity contribution in [3.63, 3.8) is 0 Å². The first-order valence-electron chi connectivity index (χ1n) is 9.32. The van der Waals surface area contributed by atoms with Gasteiger partial charge in [0, 0.05) is 49.7 Å². The second kappa shape index (κ2) is 7.90. The molecule has 0 bridgehead atoms. The first-order valence-corrected chi connectivity index (χ1v) is 9.32. The van der Waals surface area contributed by atoms with Gasteiger partial charge in [-0.2, -0.15) is 0 Å². The van der Waals surface area contributed by atoms with Crippen LogP contribution < -0.4 is 10.6 Å². The minimum Gasteiger partial charge on any atom is -0.356 e. The van der Waals surface area contributed by atoms with Gasteiger partial charge in [0.2, 0.25) is 0 Å². The van der Waals surface area contributed by atoms with Crippen LogP contribution in [-0.4, -0.2) is 42.1 Å². The molecule has 0 saturated carbocycles. The molecule has 2 fully saturated rings. The maximum atomic E-state index is 6.23. The second-order valence-electron chi connectivity index (χ2n) is 7.55. The number of likely N-dealkylation sites (tertiary alicyclic amines) is 1. The van der Waals surface area contributed by atoms with Crippen LogP contribution >= 0.6 is 12.4 Å². The highest BCUT2D eigenvalue weighted by Crippen LogP contribution is 2.28. The molecule has 0 spiro atoms. The summed E-state index contributed by atoms with van der Waals surface area (Å²) in [7, 11) is 0. The van der Waals surface area contributed by atoms with Crippen LogP contribution in [0.1, 0.15) is 31.7 Å². The van der Waals surface area contributed by atoms with Gasteiger partial charge in [-0.1, -0.05) is 25.1 Å². The fourth-order valence-electron chi connectivity index (χ4n) is 4.11. The van der Waals surface area contributed by atoms with E-state index in [4.69, 9.17) is 10.7 Å². The molecule has 25 heavy (non-hydrogen) atoms. The Bertz CT molecular complexity index is 704. The fourth-order valence-corrected chi connectivity index (χ4v) is 4.11. The minimum absolute atomic E-state index is 0. The van der Waals surface area contributed by atoms with E-state index in [1.165, 1.54) is 36.0 Å². The van der Waals surface area contributed by atoms with Crippen molar-refractivity contribution in [3.8, 4) is 0 Å². The summed E-state index contributed by atoms with van der Waals surface area (Å²) in [6.07, 6.45) is 3.90. The van der Waals surface area contributed by atoms with E-state index < -0.39 is 0 Å². The van der Waals surface area contributed by atoms with Crippen LogP contribution in [-0.2, 0) is 6.54 Å². The predicted octanol–water partition coefficient (Wildman–Crippen LogP) is 3.43. The number of hydrogen-bond acceptors (Lipinski definition) is 4. The lowest BCUT2D eigenvalue weighted by molar-refractivity contribution is 0.318. The highest BCUT2D eigenvalue weighted by atomic mass is 35.5. The summed E-state index contributed by atoms with van der Waals surface area (Å²) >= 11 is 0. The quantitative estimate of drug-likeness (QED) is 0.910. The van der Waals surface area contributed by atoms with E-state index in [2.05, 4.69) is 47.1 Å². The standard InChI is InChI=1S/C20H28N4.ClH/c1-15-12-23(14-18(15)21)13-17-11-16-7-3-4-8-19(16)22-20(17)24-9-5-2-6-10-24;/h3-4,7-8,11,15,18H,2,5-6,9-10,12-14,21H2,1H3;1H. The number of hydrogen-bond donors (Lipinski definition) is 1. The molecule has 2 atom stereocenters. The summed E-state index contributed by atoms with van der Waals surface area (Å²) in [5.74, 6) is 1.78. The van der Waals surface area contributed by atoms with E-state index in [1.807, 2.05) is 0 Å². The molecule has 1 aromatic carbocycles. The van der Waals surface area contributed by atoms with E-state index in [9.17, 15) is 0 Å². The lowest BCUT2D eigenvalue weighted by Gasteiger charge is -2.30. The Balaban J connectivity index is 0.00000182.